The molecule has 0 heteroatoms. The molecule has 0 heterocycles. The molecule has 0 N–H and O–H groups in total. The lowest BCUT2D eigenvalue weighted by Crippen LogP contribution is -2.27. The fraction of sp³-hybridized carbons (Fsp3) is 0.833. The molecule has 0 aliphatic carbocycles. The Labute approximate surface area is 78.1 Å². The van der Waals surface area contributed by atoms with Gasteiger partial charge in [-0.2, -0.15) is 0 Å². The summed E-state index contributed by atoms with van der Waals surface area (Å²) < 4.78 is 0. The van der Waals surface area contributed by atoms with Crippen LogP contribution in [-0.4, -0.2) is 0 Å². The van der Waals surface area contributed by atoms with Crippen LogP contribution in [0.5, 0.6) is 0 Å². The van der Waals surface area contributed by atoms with Gasteiger partial charge in [-0.3, -0.25) is 0 Å². The van der Waals surface area contributed by atoms with E-state index in [1.807, 2.05) is 0 Å². The van der Waals surface area contributed by atoms with Crippen molar-refractivity contribution in [1.82, 2.24) is 0 Å². The lowest BCUT2D eigenvalue weighted by Gasteiger charge is -2.36. The van der Waals surface area contributed by atoms with Crippen molar-refractivity contribution in [2.24, 2.45) is 16.7 Å². The van der Waals surface area contributed by atoms with E-state index in [0.717, 1.165) is 0 Å². The minimum atomic E-state index is 0.289. The molecule has 12 heavy (non-hydrogen) atoms. The van der Waals surface area contributed by atoms with Crippen molar-refractivity contribution in [2.45, 2.75) is 48.5 Å². The predicted octanol–water partition coefficient (Wildman–Crippen LogP) is 4.27. The van der Waals surface area contributed by atoms with Crippen LogP contribution in [0.2, 0.25) is 0 Å². The van der Waals surface area contributed by atoms with Gasteiger partial charge in [-0.25, -0.2) is 0 Å². The fourth-order valence-electron chi connectivity index (χ4n) is 0.683. The van der Waals surface area contributed by atoms with E-state index < -0.39 is 0 Å². The monoisotopic (exact) mass is 168 g/mol. The molecule has 0 unspecified atom stereocenters. The topological polar surface area (TPSA) is 0 Å². The molecule has 0 saturated carbocycles. The summed E-state index contributed by atoms with van der Waals surface area (Å²) in [7, 11) is 0. The summed E-state index contributed by atoms with van der Waals surface area (Å²) >= 11 is 0. The van der Waals surface area contributed by atoms with Crippen molar-refractivity contribution < 1.29 is 0 Å². The Hall–Kier alpha value is -0.260. The highest BCUT2D eigenvalue weighted by molar-refractivity contribution is 5.01. The molecule has 0 aromatic heterocycles. The lowest BCUT2D eigenvalue weighted by atomic mass is 9.69. The summed E-state index contributed by atoms with van der Waals surface area (Å²) in [6, 6.07) is 0. The maximum Gasteiger partial charge on any atom is -0.0126 e. The maximum absolute atomic E-state index is 2.34. The molecular formula is C12H24. The average molecular weight is 168 g/mol. The first kappa shape index (κ1) is 11.7. The number of rotatable bonds is 2. The maximum atomic E-state index is 2.34. The Balaban J connectivity index is 4.43. The molecule has 0 radical (unpaired) electrons. The number of hydrogen-bond acceptors (Lipinski definition) is 0. The van der Waals surface area contributed by atoms with Gasteiger partial charge in [0.25, 0.3) is 0 Å². The van der Waals surface area contributed by atoms with Gasteiger partial charge in [0.2, 0.25) is 0 Å². The predicted molar refractivity (Wildman–Crippen MR) is 57.2 cm³/mol. The summed E-state index contributed by atoms with van der Waals surface area (Å²) in [5.74, 6) is 0.659. The molecular weight excluding hydrogens is 144 g/mol. The van der Waals surface area contributed by atoms with E-state index >= 15 is 0 Å². The van der Waals surface area contributed by atoms with Crippen LogP contribution in [0.25, 0.3) is 0 Å². The molecule has 0 spiro atoms. The quantitative estimate of drug-likeness (QED) is 0.540. The molecule has 0 aromatic carbocycles. The highest BCUT2D eigenvalue weighted by Gasteiger charge is 2.29. The number of allylic oxidation sites excluding steroid dienone is 2. The number of hydrogen-bond donors (Lipinski definition) is 0. The summed E-state index contributed by atoms with van der Waals surface area (Å²) in [6.45, 7) is 15.9. The van der Waals surface area contributed by atoms with Crippen molar-refractivity contribution in [2.75, 3.05) is 0 Å². The summed E-state index contributed by atoms with van der Waals surface area (Å²) in [5, 5.41) is 0. The second kappa shape index (κ2) is 3.64. The first-order valence-electron chi connectivity index (χ1n) is 4.86. The Morgan fingerprint density at radius 1 is 0.917 bits per heavy atom. The van der Waals surface area contributed by atoms with Gasteiger partial charge in [-0.05, 0) is 16.7 Å². The van der Waals surface area contributed by atoms with Gasteiger partial charge in [0.05, 0.1) is 0 Å². The van der Waals surface area contributed by atoms with Gasteiger partial charge in [0.15, 0.2) is 0 Å². The van der Waals surface area contributed by atoms with E-state index in [-0.39, 0.29) is 5.41 Å². The van der Waals surface area contributed by atoms with Crippen LogP contribution in [-0.2, 0) is 0 Å². The van der Waals surface area contributed by atoms with Crippen LogP contribution in [0.3, 0.4) is 0 Å². The van der Waals surface area contributed by atoms with E-state index in [0.29, 0.717) is 11.3 Å². The lowest BCUT2D eigenvalue weighted by molar-refractivity contribution is 0.192. The third-order valence-electron chi connectivity index (χ3n) is 2.83. The summed E-state index contributed by atoms with van der Waals surface area (Å²) in [4.78, 5) is 0. The first-order valence-corrected chi connectivity index (χ1v) is 4.86. The molecule has 0 fully saturated rings. The van der Waals surface area contributed by atoms with Crippen molar-refractivity contribution >= 4 is 0 Å². The molecule has 0 atom stereocenters. The molecule has 0 rings (SSSR count). The molecule has 0 aromatic rings. The molecule has 0 bridgehead atoms. The first-order chi connectivity index (χ1) is 5.17. The summed E-state index contributed by atoms with van der Waals surface area (Å²) in [6.07, 6.45) is 4.64. The van der Waals surface area contributed by atoms with E-state index in [1.165, 1.54) is 0 Å². The van der Waals surface area contributed by atoms with Gasteiger partial charge in [0, 0.05) is 0 Å². The summed E-state index contributed by atoms with van der Waals surface area (Å²) in [5.41, 5.74) is 0.635. The molecule has 72 valence electrons. The van der Waals surface area contributed by atoms with Crippen LogP contribution in [0.4, 0.5) is 0 Å². The van der Waals surface area contributed by atoms with Crippen molar-refractivity contribution in [1.29, 1.82) is 0 Å². The molecule has 0 aliphatic rings. The van der Waals surface area contributed by atoms with Gasteiger partial charge in [-0.1, -0.05) is 60.6 Å². The van der Waals surface area contributed by atoms with E-state index in [9.17, 15) is 0 Å². The highest BCUT2D eigenvalue weighted by Crippen LogP contribution is 2.39. The smallest absolute Gasteiger partial charge is 0.0126 e. The Kier molecular flexibility index (Phi) is 3.56. The normalized spacial score (nSPS) is 14.7. The minimum Gasteiger partial charge on any atom is -0.0854 e. The van der Waals surface area contributed by atoms with E-state index in [4.69, 9.17) is 0 Å². The third kappa shape index (κ3) is 3.42. The van der Waals surface area contributed by atoms with Crippen LogP contribution in [0, 0.1) is 16.7 Å². The van der Waals surface area contributed by atoms with Crippen molar-refractivity contribution in [3.63, 3.8) is 0 Å². The van der Waals surface area contributed by atoms with Gasteiger partial charge in [-0.15, -0.1) is 0 Å². The van der Waals surface area contributed by atoms with Crippen molar-refractivity contribution in [3.8, 4) is 0 Å². The van der Waals surface area contributed by atoms with E-state index in [1.54, 1.807) is 0 Å². The second-order valence-corrected chi connectivity index (χ2v) is 5.57. The SMILES string of the molecule is CC(C)/C=C\C(C)(C)C(C)(C)C. The Bertz CT molecular complexity index is 153. The zero-order chi connectivity index (χ0) is 9.99. The van der Waals surface area contributed by atoms with Crippen LogP contribution >= 0.6 is 0 Å². The fourth-order valence-corrected chi connectivity index (χ4v) is 0.683. The van der Waals surface area contributed by atoms with Gasteiger partial charge < -0.3 is 0 Å². The molecule has 0 saturated heterocycles. The van der Waals surface area contributed by atoms with Crippen LogP contribution in [0.1, 0.15) is 48.5 Å². The zero-order valence-electron chi connectivity index (χ0n) is 9.73. The van der Waals surface area contributed by atoms with Gasteiger partial charge in [0.1, 0.15) is 0 Å². The molecule has 0 aliphatic heterocycles. The van der Waals surface area contributed by atoms with Crippen LogP contribution in [0.15, 0.2) is 12.2 Å². The van der Waals surface area contributed by atoms with Gasteiger partial charge >= 0.3 is 0 Å². The van der Waals surface area contributed by atoms with E-state index in [2.05, 4.69) is 60.6 Å². The van der Waals surface area contributed by atoms with Crippen LogP contribution < -0.4 is 0 Å². The average Bonchev–Trinajstić information content (AvgIpc) is 1.81. The molecule has 0 nitrogen and oxygen atoms in total. The Morgan fingerprint density at radius 2 is 1.33 bits per heavy atom. The van der Waals surface area contributed by atoms with Crippen molar-refractivity contribution in [3.05, 3.63) is 12.2 Å². The molecule has 0 amide bonds. The minimum absolute atomic E-state index is 0.289. The second-order valence-electron chi connectivity index (χ2n) is 5.57. The zero-order valence-corrected chi connectivity index (χ0v) is 9.73. The highest BCUT2D eigenvalue weighted by atomic mass is 14.3. The largest absolute Gasteiger partial charge is 0.0854 e. The standard InChI is InChI=1S/C12H24/c1-10(2)8-9-12(6,7)11(3,4)5/h8-10H,1-7H3/b9-8-. The Morgan fingerprint density at radius 3 is 1.58 bits per heavy atom. The third-order valence-corrected chi connectivity index (χ3v) is 2.83.